The molecule has 0 aliphatic carbocycles. The molecule has 1 fully saturated rings. The number of carbonyl (C=O) groups is 2. The van der Waals surface area contributed by atoms with Gasteiger partial charge in [-0.15, -0.1) is 0 Å². The number of nitrogens with zero attached hydrogens (tertiary/aromatic N) is 1. The van der Waals surface area contributed by atoms with E-state index in [1.54, 1.807) is 24.0 Å². The van der Waals surface area contributed by atoms with E-state index in [9.17, 15) is 9.59 Å². The van der Waals surface area contributed by atoms with E-state index < -0.39 is 12.1 Å². The van der Waals surface area contributed by atoms with Gasteiger partial charge in [-0.2, -0.15) is 0 Å². The molecule has 1 aromatic rings. The quantitative estimate of drug-likeness (QED) is 0.932. The van der Waals surface area contributed by atoms with Crippen LogP contribution in [-0.4, -0.2) is 28.8 Å². The molecule has 1 aliphatic rings. The van der Waals surface area contributed by atoms with Crippen molar-refractivity contribution in [3.05, 3.63) is 33.8 Å². The minimum Gasteiger partial charge on any atom is -0.343 e. The Balaban J connectivity index is 2.22. The number of benzene rings is 1. The fraction of sp³-hybridized carbons (Fsp3) is 0.429. The monoisotopic (exact) mass is 314 g/mol. The summed E-state index contributed by atoms with van der Waals surface area (Å²) in [6.45, 7) is 3.94. The van der Waals surface area contributed by atoms with Gasteiger partial charge in [-0.25, -0.2) is 0 Å². The maximum atomic E-state index is 12.3. The topological polar surface area (TPSA) is 49.4 Å². The van der Waals surface area contributed by atoms with E-state index in [2.05, 4.69) is 5.32 Å². The van der Waals surface area contributed by atoms with E-state index in [1.807, 2.05) is 13.0 Å². The van der Waals surface area contributed by atoms with Crippen LogP contribution >= 0.6 is 23.2 Å². The molecule has 0 spiro atoms. The number of carbonyl (C=O) groups excluding carboxylic acids is 2. The second-order valence-corrected chi connectivity index (χ2v) is 5.67. The van der Waals surface area contributed by atoms with Crippen molar-refractivity contribution in [1.29, 1.82) is 0 Å². The molecule has 2 unspecified atom stereocenters. The summed E-state index contributed by atoms with van der Waals surface area (Å²) in [4.78, 5) is 25.8. The number of halogens is 2. The van der Waals surface area contributed by atoms with E-state index in [0.29, 0.717) is 23.0 Å². The van der Waals surface area contributed by atoms with Gasteiger partial charge in [0.15, 0.2) is 0 Å². The first-order valence-electron chi connectivity index (χ1n) is 6.48. The fourth-order valence-corrected chi connectivity index (χ4v) is 2.53. The summed E-state index contributed by atoms with van der Waals surface area (Å²) in [5, 5.41) is 3.64. The molecule has 6 heteroatoms. The van der Waals surface area contributed by atoms with Crippen molar-refractivity contribution in [3.63, 3.8) is 0 Å². The Hall–Kier alpha value is -1.26. The van der Waals surface area contributed by atoms with Gasteiger partial charge in [0.2, 0.25) is 11.8 Å². The lowest BCUT2D eigenvalue weighted by Crippen LogP contribution is -2.61. The largest absolute Gasteiger partial charge is 0.343 e. The lowest BCUT2D eigenvalue weighted by molar-refractivity contribution is -0.149. The predicted octanol–water partition coefficient (Wildman–Crippen LogP) is 2.62. The number of rotatable bonds is 3. The summed E-state index contributed by atoms with van der Waals surface area (Å²) in [7, 11) is 0. The van der Waals surface area contributed by atoms with E-state index in [-0.39, 0.29) is 11.8 Å². The molecular formula is C14H16Cl2N2O2. The summed E-state index contributed by atoms with van der Waals surface area (Å²) in [5.74, 6) is -0.192. The fourth-order valence-electron chi connectivity index (χ4n) is 2.21. The third kappa shape index (κ3) is 2.91. The maximum Gasteiger partial charge on any atom is 0.246 e. The van der Waals surface area contributed by atoms with Gasteiger partial charge in [0.05, 0.1) is 10.0 Å². The number of nitrogens with one attached hydrogen (secondary N) is 1. The summed E-state index contributed by atoms with van der Waals surface area (Å²) in [6.07, 6.45) is 0.579. The van der Waals surface area contributed by atoms with Gasteiger partial charge < -0.3 is 10.2 Å². The van der Waals surface area contributed by atoms with Crippen LogP contribution in [-0.2, 0) is 16.1 Å². The Morgan fingerprint density at radius 3 is 2.55 bits per heavy atom. The summed E-state index contributed by atoms with van der Waals surface area (Å²) < 4.78 is 0. The lowest BCUT2D eigenvalue weighted by atomic mass is 10.0. The summed E-state index contributed by atoms with van der Waals surface area (Å²) in [6, 6.07) is 4.29. The zero-order valence-corrected chi connectivity index (χ0v) is 12.8. The van der Waals surface area contributed by atoms with Gasteiger partial charge in [-0.05, 0) is 31.0 Å². The van der Waals surface area contributed by atoms with Gasteiger partial charge in [-0.1, -0.05) is 36.2 Å². The molecule has 20 heavy (non-hydrogen) atoms. The van der Waals surface area contributed by atoms with Crippen molar-refractivity contribution in [3.8, 4) is 0 Å². The van der Waals surface area contributed by atoms with Crippen LogP contribution in [0.3, 0.4) is 0 Å². The van der Waals surface area contributed by atoms with E-state index in [4.69, 9.17) is 23.2 Å². The standard InChI is InChI=1S/C14H16Cl2N2O2/c1-3-12-14(20)18(8(2)13(19)17-12)7-9-4-5-10(15)11(16)6-9/h4-6,8,12H,3,7H2,1-2H3,(H,17,19). The van der Waals surface area contributed by atoms with Crippen LogP contribution in [0.1, 0.15) is 25.8 Å². The average Bonchev–Trinajstić information content (AvgIpc) is 2.42. The highest BCUT2D eigenvalue weighted by molar-refractivity contribution is 6.42. The van der Waals surface area contributed by atoms with Gasteiger partial charge in [0, 0.05) is 6.54 Å². The molecule has 1 N–H and O–H groups in total. The minimum absolute atomic E-state index is 0.0642. The minimum atomic E-state index is -0.486. The maximum absolute atomic E-state index is 12.3. The number of piperazine rings is 1. The SMILES string of the molecule is CCC1NC(=O)C(C)N(Cc2ccc(Cl)c(Cl)c2)C1=O. The van der Waals surface area contributed by atoms with Crippen molar-refractivity contribution in [2.24, 2.45) is 0 Å². The number of hydrogen-bond acceptors (Lipinski definition) is 2. The Morgan fingerprint density at radius 2 is 1.95 bits per heavy atom. The Labute approximate surface area is 128 Å². The second kappa shape index (κ2) is 6.02. The molecule has 4 nitrogen and oxygen atoms in total. The van der Waals surface area contributed by atoms with Crippen molar-refractivity contribution >= 4 is 35.0 Å². The van der Waals surface area contributed by atoms with Gasteiger partial charge >= 0.3 is 0 Å². The van der Waals surface area contributed by atoms with Crippen molar-refractivity contribution in [1.82, 2.24) is 10.2 Å². The normalized spacial score (nSPS) is 22.9. The first kappa shape index (κ1) is 15.1. The summed E-state index contributed by atoms with van der Waals surface area (Å²) in [5.41, 5.74) is 0.851. The van der Waals surface area contributed by atoms with E-state index in [1.165, 1.54) is 0 Å². The molecule has 1 heterocycles. The number of amides is 2. The smallest absolute Gasteiger partial charge is 0.246 e. The highest BCUT2D eigenvalue weighted by Gasteiger charge is 2.36. The zero-order valence-electron chi connectivity index (χ0n) is 11.3. The van der Waals surface area contributed by atoms with Gasteiger partial charge in [-0.3, -0.25) is 9.59 Å². The molecule has 0 saturated carbocycles. The Morgan fingerprint density at radius 1 is 1.25 bits per heavy atom. The van der Waals surface area contributed by atoms with Crippen molar-refractivity contribution in [2.75, 3.05) is 0 Å². The lowest BCUT2D eigenvalue weighted by Gasteiger charge is -2.37. The third-order valence-corrected chi connectivity index (χ3v) is 4.23. The van der Waals surface area contributed by atoms with Crippen LogP contribution in [0.4, 0.5) is 0 Å². The number of hydrogen-bond donors (Lipinski definition) is 1. The third-order valence-electron chi connectivity index (χ3n) is 3.49. The molecule has 1 aliphatic heterocycles. The zero-order chi connectivity index (χ0) is 14.9. The molecule has 108 valence electrons. The van der Waals surface area contributed by atoms with Crippen LogP contribution in [0.2, 0.25) is 10.0 Å². The van der Waals surface area contributed by atoms with Gasteiger partial charge in [0.1, 0.15) is 12.1 Å². The molecule has 0 radical (unpaired) electrons. The Kier molecular flexibility index (Phi) is 4.55. The van der Waals surface area contributed by atoms with Crippen LogP contribution < -0.4 is 5.32 Å². The average molecular weight is 315 g/mol. The molecule has 2 atom stereocenters. The summed E-state index contributed by atoms with van der Waals surface area (Å²) >= 11 is 11.8. The van der Waals surface area contributed by atoms with E-state index in [0.717, 1.165) is 5.56 Å². The van der Waals surface area contributed by atoms with Crippen LogP contribution in [0.5, 0.6) is 0 Å². The predicted molar refractivity (Wildman–Crippen MR) is 78.7 cm³/mol. The molecule has 1 saturated heterocycles. The molecular weight excluding hydrogens is 299 g/mol. The first-order chi connectivity index (χ1) is 9.43. The molecule has 1 aromatic carbocycles. The molecule has 0 bridgehead atoms. The highest BCUT2D eigenvalue weighted by atomic mass is 35.5. The van der Waals surface area contributed by atoms with Crippen LogP contribution in [0, 0.1) is 0 Å². The Bertz CT molecular complexity index is 548. The van der Waals surface area contributed by atoms with Crippen molar-refractivity contribution in [2.45, 2.75) is 38.9 Å². The van der Waals surface area contributed by atoms with Crippen LogP contribution in [0.25, 0.3) is 0 Å². The van der Waals surface area contributed by atoms with Gasteiger partial charge in [0.25, 0.3) is 0 Å². The van der Waals surface area contributed by atoms with Crippen molar-refractivity contribution < 1.29 is 9.59 Å². The highest BCUT2D eigenvalue weighted by Crippen LogP contribution is 2.24. The first-order valence-corrected chi connectivity index (χ1v) is 7.24. The second-order valence-electron chi connectivity index (χ2n) is 4.86. The van der Waals surface area contributed by atoms with Crippen LogP contribution in [0.15, 0.2) is 18.2 Å². The molecule has 2 rings (SSSR count). The molecule has 0 aromatic heterocycles. The van der Waals surface area contributed by atoms with E-state index >= 15 is 0 Å². The molecule has 2 amide bonds.